The predicted octanol–water partition coefficient (Wildman–Crippen LogP) is 14.3. The molecule has 0 aliphatic heterocycles. The van der Waals surface area contributed by atoms with Crippen LogP contribution in [0.4, 0.5) is 4.39 Å². The van der Waals surface area contributed by atoms with E-state index in [4.69, 9.17) is 35.5 Å². The number of rotatable bonds is 15. The number of thiophene rings is 3. The molecule has 9 rings (SSSR count). The van der Waals surface area contributed by atoms with Gasteiger partial charge in [-0.25, -0.2) is 18.8 Å². The van der Waals surface area contributed by atoms with Gasteiger partial charge in [-0.3, -0.25) is 19.2 Å². The average molecular weight is 1330 g/mol. The summed E-state index contributed by atoms with van der Waals surface area (Å²) in [5.41, 5.74) is 14.0. The first-order chi connectivity index (χ1) is 41.2. The van der Waals surface area contributed by atoms with Crippen LogP contribution in [0.1, 0.15) is 111 Å². The zero-order valence-electron chi connectivity index (χ0n) is 47.7. The van der Waals surface area contributed by atoms with Crippen molar-refractivity contribution in [3.63, 3.8) is 0 Å². The fraction of sp³-hybridized carbons (Fsp3) is 0.210. The molecule has 24 heteroatoms. The van der Waals surface area contributed by atoms with E-state index in [2.05, 4.69) is 58.0 Å². The third-order valence-corrected chi connectivity index (χ3v) is 15.6. The van der Waals surface area contributed by atoms with E-state index in [0.29, 0.717) is 58.4 Å². The van der Waals surface area contributed by atoms with E-state index in [1.165, 1.54) is 77.3 Å². The number of amides is 2. The number of nitrogens with zero attached hydrogens (tertiary/aromatic N) is 1. The maximum absolute atomic E-state index is 12.6. The SMILES string of the molecule is CC(=O)c1ccccc1F.CCOC(=O)CS.CCOC(=O)c1sc2ccccc2c1C.CCOC(=O)c1sc2ccccc2c1CBr.CCOC(=O)c1sc2ccccc2c1COc1ccc(C(N)=O)cc1.NC(=O)c1ccc(O)cc1.[B]=NS. The van der Waals surface area contributed by atoms with E-state index in [-0.39, 0.29) is 53.3 Å². The monoisotopic (exact) mass is 1330 g/mol. The minimum absolute atomic E-state index is 0.130. The molecule has 0 fully saturated rings. The summed E-state index contributed by atoms with van der Waals surface area (Å²) in [5.74, 6) is -1.80. The number of Topliss-reactive ketones (excluding diaryl/α,β-unsaturated/α-hetero) is 1. The molecule has 0 aliphatic rings. The van der Waals surface area contributed by atoms with E-state index in [1.54, 1.807) is 50.2 Å². The molecule has 451 valence electrons. The van der Waals surface area contributed by atoms with Gasteiger partial charge < -0.3 is 40.3 Å². The Kier molecular flexibility index (Phi) is 32.9. The first-order valence-corrected chi connectivity index (χ1v) is 30.6. The van der Waals surface area contributed by atoms with Crippen molar-refractivity contribution in [2.24, 2.45) is 15.8 Å². The Hall–Kier alpha value is -7.74. The number of aromatic hydroxyl groups is 1. The van der Waals surface area contributed by atoms with E-state index in [0.717, 1.165) is 51.8 Å². The zero-order chi connectivity index (χ0) is 63.7. The summed E-state index contributed by atoms with van der Waals surface area (Å²) in [4.78, 5) is 79.9. The third kappa shape index (κ3) is 22.9. The van der Waals surface area contributed by atoms with Gasteiger partial charge in [0.2, 0.25) is 11.8 Å². The topological polar surface area (TPSA) is 250 Å². The minimum atomic E-state index is -0.486. The van der Waals surface area contributed by atoms with Crippen molar-refractivity contribution in [2.45, 2.75) is 53.5 Å². The fourth-order valence-corrected chi connectivity index (χ4v) is 11.4. The number of carbonyl (C=O) groups is 7. The number of phenols is 1. The Bertz CT molecular complexity index is 3690. The number of fused-ring (bicyclic) bond motifs is 3. The van der Waals surface area contributed by atoms with Crippen LogP contribution in [-0.4, -0.2) is 86.4 Å². The molecule has 9 aromatic rings. The molecule has 5 N–H and O–H groups in total. The van der Waals surface area contributed by atoms with Crippen LogP contribution in [0.2, 0.25) is 0 Å². The Morgan fingerprint density at radius 3 is 1.36 bits per heavy atom. The molecule has 86 heavy (non-hydrogen) atoms. The number of benzene rings is 6. The molecule has 0 bridgehead atoms. The van der Waals surface area contributed by atoms with Crippen LogP contribution in [0.5, 0.6) is 11.5 Å². The number of primary amides is 2. The van der Waals surface area contributed by atoms with Crippen molar-refractivity contribution in [3.8, 4) is 11.5 Å². The molecule has 0 atom stereocenters. The molecule has 2 amide bonds. The number of hydrogen-bond acceptors (Lipinski definition) is 19. The number of phenolic OH excluding ortho intramolecular Hbond substituents is 1. The molecule has 0 spiro atoms. The predicted molar refractivity (Wildman–Crippen MR) is 351 cm³/mol. The number of esters is 4. The van der Waals surface area contributed by atoms with Gasteiger partial charge in [0.05, 0.1) is 37.7 Å². The van der Waals surface area contributed by atoms with Crippen LogP contribution >= 0.6 is 75.4 Å². The van der Waals surface area contributed by atoms with Crippen molar-refractivity contribution in [2.75, 3.05) is 32.2 Å². The number of aryl methyl sites for hydroxylation is 1. The van der Waals surface area contributed by atoms with Gasteiger partial charge in [-0.15, -0.1) is 34.0 Å². The molecule has 6 aromatic carbocycles. The molecule has 1 radical (unpaired) electrons. The molecular formula is C62H63BBrFN3O13S5. The summed E-state index contributed by atoms with van der Waals surface area (Å²) in [6.07, 6.45) is 0. The van der Waals surface area contributed by atoms with Crippen LogP contribution in [0, 0.1) is 12.7 Å². The van der Waals surface area contributed by atoms with Crippen molar-refractivity contribution in [1.82, 2.24) is 0 Å². The molecule has 0 aliphatic carbocycles. The molecular weight excluding hydrogens is 1260 g/mol. The second-order valence-electron chi connectivity index (χ2n) is 16.9. The first kappa shape index (κ1) is 72.5. The van der Waals surface area contributed by atoms with Gasteiger partial charge >= 0.3 is 48.6 Å². The summed E-state index contributed by atoms with van der Waals surface area (Å²) >= 11 is 14.7. The number of ketones is 1. The van der Waals surface area contributed by atoms with Crippen LogP contribution in [0.3, 0.4) is 0 Å². The van der Waals surface area contributed by atoms with E-state index in [1.807, 2.05) is 93.6 Å². The van der Waals surface area contributed by atoms with E-state index in [9.17, 15) is 38.0 Å². The number of nitrogens with two attached hydrogens (primary N) is 2. The molecule has 16 nitrogen and oxygen atoms in total. The Morgan fingerprint density at radius 1 is 0.581 bits per heavy atom. The van der Waals surface area contributed by atoms with Crippen molar-refractivity contribution in [1.29, 1.82) is 0 Å². The van der Waals surface area contributed by atoms with Crippen LogP contribution < -0.4 is 16.2 Å². The number of hydrogen-bond donors (Lipinski definition) is 5. The zero-order valence-corrected chi connectivity index (χ0v) is 53.5. The number of halogens is 2. The number of carbonyl (C=O) groups excluding carboxylic acids is 7. The van der Waals surface area contributed by atoms with Crippen molar-refractivity contribution in [3.05, 3.63) is 199 Å². The average Bonchev–Trinajstić information content (AvgIpc) is 3.07. The van der Waals surface area contributed by atoms with Gasteiger partial charge in [0.25, 0.3) is 0 Å². The quantitative estimate of drug-likeness (QED) is 0.0160. The Labute approximate surface area is 530 Å². The second-order valence-corrected chi connectivity index (χ2v) is 21.1. The van der Waals surface area contributed by atoms with Gasteiger partial charge in [0, 0.05) is 36.1 Å². The van der Waals surface area contributed by atoms with Gasteiger partial charge in [-0.1, -0.05) is 82.7 Å². The molecule has 3 aromatic heterocycles. The standard InChI is InChI=1S/C19H17NO4S.C12H11BrO2S.C12H12O2S.C8H7FO.C7H7NO2.C4H8O2S.BHNS/c1-2-23-19(22)17-15(14-5-3-4-6-16(14)25-17)11-24-13-9-7-12(8-10-13)18(20)21;1-2-15-12(14)11-9(7-13)8-5-3-4-6-10(8)16-11;1-3-14-12(13)11-8(2)9-6-4-5-7-10(9)15-11;1-6(10)7-4-2-3-5-8(7)9;8-7(10)5-1-3-6(9)4-2-5;1-2-6-4(5)3-7;1-2-3/h3-10H,2,11H2,1H3,(H2,20,21);3-6H,2,7H2,1H3;4-7H,3H2,1-2H3;2-5H,1H3;1-4,9H,(H2,8,10);7H,2-3H2,1H3;3H. The molecule has 0 saturated carbocycles. The van der Waals surface area contributed by atoms with Crippen LogP contribution in [-0.2, 0) is 35.7 Å². The normalized spacial score (nSPS) is 9.87. The van der Waals surface area contributed by atoms with Crippen molar-refractivity contribution < 1.29 is 66.7 Å². The first-order valence-electron chi connectivity index (χ1n) is 26.0. The number of thiol groups is 2. The molecule has 0 unspecified atom stereocenters. The van der Waals surface area contributed by atoms with Crippen LogP contribution in [0.25, 0.3) is 30.3 Å². The van der Waals surface area contributed by atoms with Gasteiger partial charge in [0.15, 0.2) is 5.78 Å². The summed E-state index contributed by atoms with van der Waals surface area (Å²) in [6.45, 7) is 12.3. The van der Waals surface area contributed by atoms with E-state index >= 15 is 0 Å². The summed E-state index contributed by atoms with van der Waals surface area (Å²) in [7, 11) is 4.34. The summed E-state index contributed by atoms with van der Waals surface area (Å²) in [5, 5.41) is 12.7. The summed E-state index contributed by atoms with van der Waals surface area (Å²) in [6, 6.07) is 42.1. The number of ether oxygens (including phenoxy) is 5. The maximum atomic E-state index is 12.6. The second kappa shape index (κ2) is 39.1. The van der Waals surface area contributed by atoms with Gasteiger partial charge in [-0.05, 0) is 148 Å². The summed E-state index contributed by atoms with van der Waals surface area (Å²) < 4.78 is 44.1. The fourth-order valence-electron chi connectivity index (χ4n) is 7.21. The van der Waals surface area contributed by atoms with Gasteiger partial charge in [0.1, 0.15) is 38.6 Å². The molecule has 0 saturated heterocycles. The molecule has 3 heterocycles. The van der Waals surface area contributed by atoms with Gasteiger partial charge in [-0.2, -0.15) is 12.6 Å². The van der Waals surface area contributed by atoms with E-state index < -0.39 is 17.6 Å². The number of alkyl halides is 1. The van der Waals surface area contributed by atoms with Crippen LogP contribution in [0.15, 0.2) is 150 Å². The third-order valence-electron chi connectivity index (χ3n) is 11.1. The van der Waals surface area contributed by atoms with Crippen molar-refractivity contribution >= 4 is 155 Å². The Balaban J connectivity index is 0.000000280. The Morgan fingerprint density at radius 2 is 0.965 bits per heavy atom.